The standard InChI is InChI=1S/C13H20N2O4S2/c1-3-19-13(16)14-7-4-8-15(10-9-14)21(17,18)12-6-5-11(2)20-12/h5-6H,3-4,7-10H2,1-2H3. The summed E-state index contributed by atoms with van der Waals surface area (Å²) in [6, 6.07) is 3.45. The van der Waals surface area contributed by atoms with Crippen molar-refractivity contribution in [2.45, 2.75) is 24.5 Å². The molecule has 0 spiro atoms. The third kappa shape index (κ3) is 3.75. The second-order valence-electron chi connectivity index (χ2n) is 4.81. The Morgan fingerprint density at radius 1 is 1.29 bits per heavy atom. The molecule has 0 radical (unpaired) electrons. The molecule has 0 atom stereocenters. The van der Waals surface area contributed by atoms with Gasteiger partial charge in [-0.25, -0.2) is 13.2 Å². The van der Waals surface area contributed by atoms with Gasteiger partial charge in [0.05, 0.1) is 6.61 Å². The van der Waals surface area contributed by atoms with Crippen molar-refractivity contribution in [3.63, 3.8) is 0 Å². The molecule has 1 amide bonds. The normalized spacial score (nSPS) is 17.5. The molecule has 2 heterocycles. The number of ether oxygens (including phenoxy) is 1. The molecule has 8 heteroatoms. The zero-order chi connectivity index (χ0) is 15.5. The lowest BCUT2D eigenvalue weighted by atomic mass is 10.4. The lowest BCUT2D eigenvalue weighted by Gasteiger charge is -2.20. The first-order valence-electron chi connectivity index (χ1n) is 6.93. The van der Waals surface area contributed by atoms with Gasteiger partial charge in [-0.05, 0) is 32.4 Å². The van der Waals surface area contributed by atoms with Gasteiger partial charge in [0, 0.05) is 31.1 Å². The maximum absolute atomic E-state index is 12.6. The van der Waals surface area contributed by atoms with Gasteiger partial charge >= 0.3 is 6.09 Å². The second-order valence-corrected chi connectivity index (χ2v) is 8.26. The van der Waals surface area contributed by atoms with Crippen molar-refractivity contribution in [2.75, 3.05) is 32.8 Å². The highest BCUT2D eigenvalue weighted by Crippen LogP contribution is 2.25. The van der Waals surface area contributed by atoms with E-state index in [1.54, 1.807) is 24.0 Å². The van der Waals surface area contributed by atoms with Crippen LogP contribution in [-0.2, 0) is 14.8 Å². The molecular weight excluding hydrogens is 312 g/mol. The number of aryl methyl sites for hydroxylation is 1. The molecule has 1 aromatic rings. The van der Waals surface area contributed by atoms with Crippen LogP contribution in [0.4, 0.5) is 4.79 Å². The topological polar surface area (TPSA) is 66.9 Å². The number of hydrogen-bond acceptors (Lipinski definition) is 5. The van der Waals surface area contributed by atoms with Crippen molar-refractivity contribution in [2.24, 2.45) is 0 Å². The highest BCUT2D eigenvalue weighted by atomic mass is 32.2. The van der Waals surface area contributed by atoms with Crippen LogP contribution in [0.15, 0.2) is 16.3 Å². The molecule has 1 aliphatic heterocycles. The predicted octanol–water partition coefficient (Wildman–Crippen LogP) is 1.91. The molecule has 21 heavy (non-hydrogen) atoms. The molecule has 0 unspecified atom stereocenters. The van der Waals surface area contributed by atoms with Crippen molar-refractivity contribution in [1.82, 2.24) is 9.21 Å². The lowest BCUT2D eigenvalue weighted by molar-refractivity contribution is 0.109. The van der Waals surface area contributed by atoms with Crippen LogP contribution in [0.5, 0.6) is 0 Å². The number of thiophene rings is 1. The van der Waals surface area contributed by atoms with E-state index in [9.17, 15) is 13.2 Å². The van der Waals surface area contributed by atoms with E-state index in [-0.39, 0.29) is 6.09 Å². The van der Waals surface area contributed by atoms with E-state index in [1.807, 2.05) is 6.92 Å². The highest BCUT2D eigenvalue weighted by Gasteiger charge is 2.29. The summed E-state index contributed by atoms with van der Waals surface area (Å²) in [5, 5.41) is 0. The Balaban J connectivity index is 2.07. The predicted molar refractivity (Wildman–Crippen MR) is 81.0 cm³/mol. The Kier molecular flexibility index (Phi) is 5.23. The molecule has 2 rings (SSSR count). The van der Waals surface area contributed by atoms with E-state index >= 15 is 0 Å². The van der Waals surface area contributed by atoms with Gasteiger partial charge in [0.1, 0.15) is 4.21 Å². The maximum atomic E-state index is 12.6. The summed E-state index contributed by atoms with van der Waals surface area (Å²) in [5.74, 6) is 0. The molecule has 0 N–H and O–H groups in total. The van der Waals surface area contributed by atoms with E-state index < -0.39 is 10.0 Å². The van der Waals surface area contributed by atoms with Gasteiger partial charge in [0.2, 0.25) is 0 Å². The Morgan fingerprint density at radius 3 is 2.67 bits per heavy atom. The van der Waals surface area contributed by atoms with Gasteiger partial charge in [-0.2, -0.15) is 4.31 Å². The SMILES string of the molecule is CCOC(=O)N1CCCN(S(=O)(=O)c2ccc(C)s2)CC1. The molecule has 118 valence electrons. The van der Waals surface area contributed by atoms with Crippen LogP contribution in [0.25, 0.3) is 0 Å². The molecule has 1 aliphatic rings. The molecule has 1 saturated heterocycles. The number of amides is 1. The maximum Gasteiger partial charge on any atom is 0.409 e. The van der Waals surface area contributed by atoms with Gasteiger partial charge in [-0.3, -0.25) is 0 Å². The average molecular weight is 332 g/mol. The third-order valence-electron chi connectivity index (χ3n) is 3.29. The number of nitrogens with zero attached hydrogens (tertiary/aromatic N) is 2. The smallest absolute Gasteiger partial charge is 0.409 e. The van der Waals surface area contributed by atoms with Crippen LogP contribution < -0.4 is 0 Å². The molecule has 0 aliphatic carbocycles. The molecule has 0 bridgehead atoms. The number of carbonyl (C=O) groups is 1. The van der Waals surface area contributed by atoms with E-state index in [4.69, 9.17) is 4.74 Å². The number of hydrogen-bond donors (Lipinski definition) is 0. The van der Waals surface area contributed by atoms with Gasteiger partial charge in [0.15, 0.2) is 0 Å². The fourth-order valence-electron chi connectivity index (χ4n) is 2.21. The average Bonchev–Trinajstić information content (AvgIpc) is 2.74. The van der Waals surface area contributed by atoms with E-state index in [0.717, 1.165) is 4.88 Å². The first-order chi connectivity index (χ1) is 9.95. The Labute approximate surface area is 129 Å². The fourth-order valence-corrected chi connectivity index (χ4v) is 5.12. The van der Waals surface area contributed by atoms with Crippen molar-refractivity contribution in [3.8, 4) is 0 Å². The zero-order valence-corrected chi connectivity index (χ0v) is 13.9. The van der Waals surface area contributed by atoms with E-state index in [0.29, 0.717) is 43.4 Å². The van der Waals surface area contributed by atoms with Crippen LogP contribution in [0.1, 0.15) is 18.2 Å². The Bertz CT molecular complexity index is 597. The first-order valence-corrected chi connectivity index (χ1v) is 9.19. The van der Waals surface area contributed by atoms with Crippen LogP contribution in [0.2, 0.25) is 0 Å². The van der Waals surface area contributed by atoms with Crippen LogP contribution in [-0.4, -0.2) is 56.5 Å². The quantitative estimate of drug-likeness (QED) is 0.848. The van der Waals surface area contributed by atoms with Crippen molar-refractivity contribution < 1.29 is 17.9 Å². The lowest BCUT2D eigenvalue weighted by Crippen LogP contribution is -2.37. The summed E-state index contributed by atoms with van der Waals surface area (Å²) in [5.41, 5.74) is 0. The highest BCUT2D eigenvalue weighted by molar-refractivity contribution is 7.91. The molecule has 0 saturated carbocycles. The molecule has 1 fully saturated rings. The fraction of sp³-hybridized carbons (Fsp3) is 0.615. The second kappa shape index (κ2) is 6.76. The number of sulfonamides is 1. The minimum Gasteiger partial charge on any atom is -0.450 e. The van der Waals surface area contributed by atoms with Gasteiger partial charge < -0.3 is 9.64 Å². The summed E-state index contributed by atoms with van der Waals surface area (Å²) < 4.78 is 31.9. The third-order valence-corrected chi connectivity index (χ3v) is 6.66. The van der Waals surface area contributed by atoms with Crippen LogP contribution in [0, 0.1) is 6.92 Å². The van der Waals surface area contributed by atoms with Crippen molar-refractivity contribution >= 4 is 27.5 Å². The summed E-state index contributed by atoms with van der Waals surface area (Å²) in [6.07, 6.45) is 0.242. The first kappa shape index (κ1) is 16.3. The molecular formula is C13H20N2O4S2. The van der Waals surface area contributed by atoms with Crippen molar-refractivity contribution in [1.29, 1.82) is 0 Å². The zero-order valence-electron chi connectivity index (χ0n) is 12.2. The molecule has 1 aromatic heterocycles. The van der Waals surface area contributed by atoms with E-state index in [2.05, 4.69) is 0 Å². The van der Waals surface area contributed by atoms with Gasteiger partial charge in [0.25, 0.3) is 10.0 Å². The van der Waals surface area contributed by atoms with Gasteiger partial charge in [-0.15, -0.1) is 11.3 Å². The Hall–Kier alpha value is -1.12. The van der Waals surface area contributed by atoms with Crippen LogP contribution in [0.3, 0.4) is 0 Å². The summed E-state index contributed by atoms with van der Waals surface area (Å²) >= 11 is 1.28. The summed E-state index contributed by atoms with van der Waals surface area (Å²) in [7, 11) is -3.45. The van der Waals surface area contributed by atoms with E-state index in [1.165, 1.54) is 15.6 Å². The molecule has 0 aromatic carbocycles. The number of carbonyl (C=O) groups excluding carboxylic acids is 1. The Morgan fingerprint density at radius 2 is 2.05 bits per heavy atom. The monoisotopic (exact) mass is 332 g/mol. The summed E-state index contributed by atoms with van der Waals surface area (Å²) in [4.78, 5) is 14.3. The minimum atomic E-state index is -3.45. The van der Waals surface area contributed by atoms with Crippen molar-refractivity contribution in [3.05, 3.63) is 17.0 Å². The number of rotatable bonds is 3. The van der Waals surface area contributed by atoms with Gasteiger partial charge in [-0.1, -0.05) is 0 Å². The van der Waals surface area contributed by atoms with Crippen LogP contribution >= 0.6 is 11.3 Å². The minimum absolute atomic E-state index is 0.304. The molecule has 6 nitrogen and oxygen atoms in total. The largest absolute Gasteiger partial charge is 0.450 e. The summed E-state index contributed by atoms with van der Waals surface area (Å²) in [6.45, 7) is 5.58.